The molecule has 8 nitrogen and oxygen atoms in total. The van der Waals surface area contributed by atoms with Gasteiger partial charge in [0.05, 0.1) is 6.04 Å². The maximum absolute atomic E-state index is 13.9. The highest BCUT2D eigenvalue weighted by molar-refractivity contribution is 5.91. The molecule has 3 rings (SSSR count). The van der Waals surface area contributed by atoms with Crippen LogP contribution in [0.15, 0.2) is 36.5 Å². The quantitative estimate of drug-likeness (QED) is 0.519. The second-order valence-electron chi connectivity index (χ2n) is 9.73. The summed E-state index contributed by atoms with van der Waals surface area (Å²) < 4.78 is 38.1. The molecular formula is C26H31F2N3O5. The fraction of sp³-hybridized carbons (Fsp3) is 0.462. The van der Waals surface area contributed by atoms with Gasteiger partial charge in [-0.25, -0.2) is 18.6 Å². The van der Waals surface area contributed by atoms with Crippen LogP contribution in [-0.2, 0) is 20.7 Å². The van der Waals surface area contributed by atoms with Gasteiger partial charge in [0.1, 0.15) is 18.0 Å². The molecule has 1 aliphatic carbocycles. The number of anilines is 1. The molecule has 2 aromatic rings. The van der Waals surface area contributed by atoms with E-state index in [1.54, 1.807) is 32.9 Å². The van der Waals surface area contributed by atoms with Gasteiger partial charge in [-0.3, -0.25) is 14.9 Å². The number of Topliss-reactive ketones (excluding diaryl/α,β-unsaturated/α-hetero) is 1. The monoisotopic (exact) mass is 503 g/mol. The van der Waals surface area contributed by atoms with Gasteiger partial charge >= 0.3 is 6.09 Å². The van der Waals surface area contributed by atoms with E-state index in [1.807, 2.05) is 0 Å². The number of rotatable bonds is 9. The highest BCUT2D eigenvalue weighted by atomic mass is 19.1. The van der Waals surface area contributed by atoms with Crippen LogP contribution >= 0.6 is 0 Å². The average Bonchev–Trinajstić information content (AvgIpc) is 3.33. The number of nitrogens with one attached hydrogen (secondary N) is 2. The van der Waals surface area contributed by atoms with Crippen LogP contribution in [0, 0.1) is 17.6 Å². The lowest BCUT2D eigenvalue weighted by atomic mass is 10.0. The maximum atomic E-state index is 13.9. The lowest BCUT2D eigenvalue weighted by Gasteiger charge is -2.21. The molecule has 2 amide bonds. The lowest BCUT2D eigenvalue weighted by Crippen LogP contribution is -2.46. The Balaban J connectivity index is 1.68. The first-order chi connectivity index (χ1) is 17.0. The Bertz CT molecular complexity index is 1060. The number of nitrogens with zero attached hydrogens (tertiary/aromatic N) is 1. The second kappa shape index (κ2) is 11.9. The van der Waals surface area contributed by atoms with Gasteiger partial charge in [-0.1, -0.05) is 25.0 Å². The number of aromatic nitrogens is 1. The Labute approximate surface area is 208 Å². The number of hydrogen-bond acceptors (Lipinski definition) is 6. The summed E-state index contributed by atoms with van der Waals surface area (Å²) in [5.41, 5.74) is -0.0603. The molecule has 1 aromatic heterocycles. The predicted octanol–water partition coefficient (Wildman–Crippen LogP) is 4.57. The lowest BCUT2D eigenvalue weighted by molar-refractivity contribution is -0.131. The minimum atomic E-state index is -0.987. The number of ether oxygens (including phenoxy) is 2. The van der Waals surface area contributed by atoms with Crippen molar-refractivity contribution in [2.45, 2.75) is 64.5 Å². The maximum Gasteiger partial charge on any atom is 0.413 e. The van der Waals surface area contributed by atoms with E-state index in [9.17, 15) is 23.2 Å². The molecule has 0 saturated heterocycles. The number of hydrogen-bond donors (Lipinski definition) is 2. The van der Waals surface area contributed by atoms with Crippen LogP contribution in [0.2, 0.25) is 0 Å². The number of ketones is 1. The molecule has 1 saturated carbocycles. The molecule has 1 fully saturated rings. The molecule has 10 heteroatoms. The molecule has 194 valence electrons. The normalized spacial score (nSPS) is 14.7. The minimum absolute atomic E-state index is 0.0835. The molecule has 36 heavy (non-hydrogen) atoms. The molecule has 2 N–H and O–H groups in total. The van der Waals surface area contributed by atoms with E-state index in [4.69, 9.17) is 9.47 Å². The Morgan fingerprint density at radius 2 is 1.75 bits per heavy atom. The summed E-state index contributed by atoms with van der Waals surface area (Å²) in [5, 5.41) is 5.29. The first-order valence-electron chi connectivity index (χ1n) is 11.9. The highest BCUT2D eigenvalue weighted by Crippen LogP contribution is 2.25. The molecule has 0 aliphatic heterocycles. The summed E-state index contributed by atoms with van der Waals surface area (Å²) in [6, 6.07) is 5.46. The fourth-order valence-electron chi connectivity index (χ4n) is 3.85. The van der Waals surface area contributed by atoms with Crippen molar-refractivity contribution < 1.29 is 32.6 Å². The van der Waals surface area contributed by atoms with Crippen LogP contribution < -0.4 is 15.4 Å². The SMILES string of the molecule is CC(C)(C)OC(=O)Nc1ccc(CC(NC(=O)C2CCCC2)C(=O)COc2c(F)cccc2F)cn1. The van der Waals surface area contributed by atoms with Crippen molar-refractivity contribution in [1.82, 2.24) is 10.3 Å². The van der Waals surface area contributed by atoms with Crippen molar-refractivity contribution in [3.05, 3.63) is 53.7 Å². The van der Waals surface area contributed by atoms with Crippen molar-refractivity contribution in [2.24, 2.45) is 5.92 Å². The van der Waals surface area contributed by atoms with E-state index in [1.165, 1.54) is 12.3 Å². The third-order valence-electron chi connectivity index (χ3n) is 5.60. The fourth-order valence-corrected chi connectivity index (χ4v) is 3.85. The molecule has 1 aromatic carbocycles. The Morgan fingerprint density at radius 3 is 2.33 bits per heavy atom. The third-order valence-corrected chi connectivity index (χ3v) is 5.60. The van der Waals surface area contributed by atoms with Crippen molar-refractivity contribution >= 4 is 23.6 Å². The molecule has 0 bridgehead atoms. The zero-order valence-electron chi connectivity index (χ0n) is 20.6. The van der Waals surface area contributed by atoms with E-state index < -0.39 is 47.5 Å². The molecule has 1 unspecified atom stereocenters. The summed E-state index contributed by atoms with van der Waals surface area (Å²) >= 11 is 0. The largest absolute Gasteiger partial charge is 0.480 e. The van der Waals surface area contributed by atoms with Gasteiger partial charge in [-0.2, -0.15) is 0 Å². The summed E-state index contributed by atoms with van der Waals surface area (Å²) in [4.78, 5) is 41.8. The van der Waals surface area contributed by atoms with E-state index in [2.05, 4.69) is 15.6 Å². The van der Waals surface area contributed by atoms with E-state index in [0.29, 0.717) is 5.56 Å². The van der Waals surface area contributed by atoms with Gasteiger partial charge in [0.2, 0.25) is 5.91 Å². The van der Waals surface area contributed by atoms with E-state index in [-0.39, 0.29) is 24.1 Å². The molecule has 1 heterocycles. The first-order valence-corrected chi connectivity index (χ1v) is 11.9. The summed E-state index contributed by atoms with van der Waals surface area (Å²) in [6.45, 7) is 4.60. The van der Waals surface area contributed by atoms with E-state index >= 15 is 0 Å². The Hall–Kier alpha value is -3.56. The van der Waals surface area contributed by atoms with Gasteiger partial charge in [0.15, 0.2) is 23.2 Å². The molecular weight excluding hydrogens is 472 g/mol. The van der Waals surface area contributed by atoms with Gasteiger partial charge in [-0.15, -0.1) is 0 Å². The van der Waals surface area contributed by atoms with Crippen LogP contribution in [0.4, 0.5) is 19.4 Å². The van der Waals surface area contributed by atoms with Crippen LogP contribution in [0.5, 0.6) is 5.75 Å². The van der Waals surface area contributed by atoms with Gasteiger partial charge < -0.3 is 14.8 Å². The number of carbonyl (C=O) groups is 3. The van der Waals surface area contributed by atoms with Crippen molar-refractivity contribution in [3.63, 3.8) is 0 Å². The summed E-state index contributed by atoms with van der Waals surface area (Å²) in [6.07, 6.45) is 4.28. The number of pyridine rings is 1. The number of carbonyl (C=O) groups excluding carboxylic acids is 3. The zero-order valence-corrected chi connectivity index (χ0v) is 20.6. The summed E-state index contributed by atoms with van der Waals surface area (Å²) in [7, 11) is 0. The average molecular weight is 504 g/mol. The number of para-hydroxylation sites is 1. The number of halogens is 2. The topological polar surface area (TPSA) is 107 Å². The molecule has 1 aliphatic rings. The Kier molecular flexibility index (Phi) is 8.95. The van der Waals surface area contributed by atoms with Crippen LogP contribution in [0.1, 0.15) is 52.0 Å². The van der Waals surface area contributed by atoms with Gasteiger partial charge in [0, 0.05) is 18.5 Å². The summed E-state index contributed by atoms with van der Waals surface area (Å²) in [5.74, 6) is -3.20. The standard InChI is InChI=1S/C26H31F2N3O5/c1-26(2,3)36-25(34)31-22-12-11-16(14-29-22)13-20(30-24(33)17-7-4-5-8-17)21(32)15-35-23-18(27)9-6-10-19(23)28/h6,9-12,14,17,20H,4-5,7-8,13,15H2,1-3H3,(H,30,33)(H,29,31,34). The highest BCUT2D eigenvalue weighted by Gasteiger charge is 2.28. The number of benzene rings is 1. The van der Waals surface area contributed by atoms with Gasteiger partial charge in [0.25, 0.3) is 0 Å². The van der Waals surface area contributed by atoms with Crippen LogP contribution in [0.25, 0.3) is 0 Å². The molecule has 1 atom stereocenters. The first kappa shape index (κ1) is 27.0. The molecule has 0 spiro atoms. The van der Waals surface area contributed by atoms with Crippen LogP contribution in [-0.4, -0.2) is 41.0 Å². The predicted molar refractivity (Wildman–Crippen MR) is 129 cm³/mol. The third kappa shape index (κ3) is 8.00. The van der Waals surface area contributed by atoms with Gasteiger partial charge in [-0.05, 0) is 57.4 Å². The Morgan fingerprint density at radius 1 is 1.08 bits per heavy atom. The minimum Gasteiger partial charge on any atom is -0.480 e. The smallest absolute Gasteiger partial charge is 0.413 e. The van der Waals surface area contributed by atoms with E-state index in [0.717, 1.165) is 37.8 Å². The molecule has 0 radical (unpaired) electrons. The van der Waals surface area contributed by atoms with Crippen molar-refractivity contribution in [1.29, 1.82) is 0 Å². The number of amides is 2. The van der Waals surface area contributed by atoms with Crippen molar-refractivity contribution in [3.8, 4) is 5.75 Å². The van der Waals surface area contributed by atoms with Crippen molar-refractivity contribution in [2.75, 3.05) is 11.9 Å². The van der Waals surface area contributed by atoms with Crippen LogP contribution in [0.3, 0.4) is 0 Å². The second-order valence-corrected chi connectivity index (χ2v) is 9.73. The zero-order chi connectivity index (χ0) is 26.3.